The number of carboxylic acid groups (broad SMARTS) is 1. The number of thiophene rings is 1. The number of hydrogen-bond donors (Lipinski definition) is 1. The Hall–Kier alpha value is -1.66. The fourth-order valence-corrected chi connectivity index (χ4v) is 3.93. The molecule has 1 N–H and O–H groups in total. The number of amides is 1. The van der Waals surface area contributed by atoms with Crippen LogP contribution < -0.4 is 0 Å². The van der Waals surface area contributed by atoms with Gasteiger partial charge in [-0.2, -0.15) is 0 Å². The van der Waals surface area contributed by atoms with Crippen LogP contribution in [0.3, 0.4) is 0 Å². The highest BCUT2D eigenvalue weighted by atomic mass is 32.1. The molecule has 2 atom stereocenters. The van der Waals surface area contributed by atoms with Gasteiger partial charge in [-0.15, -0.1) is 11.3 Å². The lowest BCUT2D eigenvalue weighted by Gasteiger charge is -2.37. The molecule has 2 aliphatic rings. The molecule has 2 fully saturated rings. The van der Waals surface area contributed by atoms with Crippen LogP contribution in [0.25, 0.3) is 6.08 Å². The molecule has 21 heavy (non-hydrogen) atoms. The number of nitrogens with zero attached hydrogens (tertiary/aromatic N) is 1. The molecule has 2 heterocycles. The predicted molar refractivity (Wildman–Crippen MR) is 79.4 cm³/mol. The zero-order valence-corrected chi connectivity index (χ0v) is 12.3. The highest BCUT2D eigenvalue weighted by molar-refractivity contribution is 7.12. The van der Waals surface area contributed by atoms with E-state index in [1.165, 1.54) is 17.4 Å². The molecule has 1 amide bonds. The zero-order valence-electron chi connectivity index (χ0n) is 11.5. The minimum Gasteiger partial charge on any atom is -0.478 e. The quantitative estimate of drug-likeness (QED) is 0.870. The Kier molecular flexibility index (Phi) is 4.07. The summed E-state index contributed by atoms with van der Waals surface area (Å²) >= 11 is 1.36. The zero-order chi connectivity index (χ0) is 14.8. The van der Waals surface area contributed by atoms with Gasteiger partial charge in [-0.25, -0.2) is 4.79 Å². The van der Waals surface area contributed by atoms with E-state index in [1.807, 2.05) is 10.3 Å². The van der Waals surface area contributed by atoms with Crippen molar-refractivity contribution in [3.8, 4) is 0 Å². The molecule has 1 aliphatic carbocycles. The Morgan fingerprint density at radius 3 is 3.10 bits per heavy atom. The lowest BCUT2D eigenvalue weighted by atomic mass is 10.1. The molecule has 6 heteroatoms. The Morgan fingerprint density at radius 1 is 1.43 bits per heavy atom. The molecule has 1 aliphatic heterocycles. The lowest BCUT2D eigenvalue weighted by molar-refractivity contribution is -0.131. The predicted octanol–water partition coefficient (Wildman–Crippen LogP) is 2.24. The Bertz CT molecular complexity index is 580. The van der Waals surface area contributed by atoms with Crippen molar-refractivity contribution < 1.29 is 19.4 Å². The van der Waals surface area contributed by atoms with Crippen molar-refractivity contribution in [3.05, 3.63) is 28.0 Å². The van der Waals surface area contributed by atoms with Crippen LogP contribution in [0, 0.1) is 0 Å². The standard InChI is InChI=1S/C15H17NO4S/c17-13(18)5-4-10-6-9-21-14(10)15(19)16-7-8-20-12-3-1-2-11(12)16/h4-6,9,11-12H,1-3,7-8H2,(H,17,18). The molecule has 1 aromatic rings. The number of fused-ring (bicyclic) bond motifs is 1. The summed E-state index contributed by atoms with van der Waals surface area (Å²) in [5.41, 5.74) is 0.674. The third kappa shape index (κ3) is 2.87. The molecule has 0 spiro atoms. The number of carbonyl (C=O) groups excluding carboxylic acids is 1. The molecule has 3 rings (SSSR count). The second-order valence-electron chi connectivity index (χ2n) is 5.28. The number of aliphatic carboxylic acids is 1. The van der Waals surface area contributed by atoms with Crippen LogP contribution in [0.4, 0.5) is 0 Å². The fourth-order valence-electron chi connectivity index (χ4n) is 3.09. The first kappa shape index (κ1) is 14.3. The van der Waals surface area contributed by atoms with Gasteiger partial charge in [0.1, 0.15) is 0 Å². The van der Waals surface area contributed by atoms with Crippen molar-refractivity contribution in [2.75, 3.05) is 13.2 Å². The van der Waals surface area contributed by atoms with E-state index in [1.54, 1.807) is 6.07 Å². The van der Waals surface area contributed by atoms with E-state index in [-0.39, 0.29) is 18.1 Å². The molecule has 0 bridgehead atoms. The van der Waals surface area contributed by atoms with Gasteiger partial charge in [0.05, 0.1) is 23.6 Å². The minimum atomic E-state index is -1.01. The van der Waals surface area contributed by atoms with Gasteiger partial charge >= 0.3 is 5.97 Å². The topological polar surface area (TPSA) is 66.8 Å². The SMILES string of the molecule is O=C(O)C=Cc1ccsc1C(=O)N1CCOC2CCCC21. The van der Waals surface area contributed by atoms with Gasteiger partial charge in [-0.3, -0.25) is 4.79 Å². The summed E-state index contributed by atoms with van der Waals surface area (Å²) in [5, 5.41) is 10.5. The second kappa shape index (κ2) is 5.99. The van der Waals surface area contributed by atoms with Crippen molar-refractivity contribution >= 4 is 29.3 Å². The smallest absolute Gasteiger partial charge is 0.328 e. The van der Waals surface area contributed by atoms with Crippen LogP contribution >= 0.6 is 11.3 Å². The van der Waals surface area contributed by atoms with Crippen LogP contribution in [0.1, 0.15) is 34.5 Å². The van der Waals surface area contributed by atoms with Gasteiger partial charge in [0.2, 0.25) is 0 Å². The van der Waals surface area contributed by atoms with Gasteiger partial charge in [0.25, 0.3) is 5.91 Å². The summed E-state index contributed by atoms with van der Waals surface area (Å²) in [6, 6.07) is 1.95. The molecule has 1 aromatic heterocycles. The number of carboxylic acids is 1. The van der Waals surface area contributed by atoms with Gasteiger partial charge in [-0.1, -0.05) is 0 Å². The Labute approximate surface area is 126 Å². The molecular weight excluding hydrogens is 290 g/mol. The number of carbonyl (C=O) groups is 2. The van der Waals surface area contributed by atoms with Crippen molar-refractivity contribution in [2.24, 2.45) is 0 Å². The summed E-state index contributed by atoms with van der Waals surface area (Å²) < 4.78 is 5.73. The number of ether oxygens (including phenoxy) is 1. The number of morpholine rings is 1. The molecule has 1 saturated heterocycles. The Balaban J connectivity index is 1.82. The fraction of sp³-hybridized carbons (Fsp3) is 0.467. The summed E-state index contributed by atoms with van der Waals surface area (Å²) in [7, 11) is 0. The molecule has 0 aromatic carbocycles. The summed E-state index contributed by atoms with van der Waals surface area (Å²) in [4.78, 5) is 25.9. The monoisotopic (exact) mass is 307 g/mol. The van der Waals surface area contributed by atoms with E-state index in [0.717, 1.165) is 25.3 Å². The van der Waals surface area contributed by atoms with Gasteiger partial charge in [0, 0.05) is 12.6 Å². The molecule has 1 saturated carbocycles. The van der Waals surface area contributed by atoms with Crippen molar-refractivity contribution in [1.82, 2.24) is 4.90 Å². The highest BCUT2D eigenvalue weighted by Crippen LogP contribution is 2.32. The summed E-state index contributed by atoms with van der Waals surface area (Å²) in [6.45, 7) is 1.19. The lowest BCUT2D eigenvalue weighted by Crippen LogP contribution is -2.51. The van der Waals surface area contributed by atoms with Crippen molar-refractivity contribution in [3.63, 3.8) is 0 Å². The van der Waals surface area contributed by atoms with Crippen LogP contribution in [0.15, 0.2) is 17.5 Å². The van der Waals surface area contributed by atoms with Crippen LogP contribution in [0.5, 0.6) is 0 Å². The largest absolute Gasteiger partial charge is 0.478 e. The second-order valence-corrected chi connectivity index (χ2v) is 6.20. The van der Waals surface area contributed by atoms with Crippen LogP contribution in [0.2, 0.25) is 0 Å². The van der Waals surface area contributed by atoms with E-state index in [2.05, 4.69) is 0 Å². The average Bonchev–Trinajstić information content (AvgIpc) is 3.12. The third-order valence-corrected chi connectivity index (χ3v) is 4.96. The van der Waals surface area contributed by atoms with Gasteiger partial charge < -0.3 is 14.7 Å². The third-order valence-electron chi connectivity index (χ3n) is 4.04. The maximum Gasteiger partial charge on any atom is 0.328 e. The summed E-state index contributed by atoms with van der Waals surface area (Å²) in [6.07, 6.45) is 5.82. The first-order chi connectivity index (χ1) is 10.2. The maximum atomic E-state index is 12.8. The van der Waals surface area contributed by atoms with Gasteiger partial charge in [0.15, 0.2) is 0 Å². The van der Waals surface area contributed by atoms with E-state index in [0.29, 0.717) is 23.6 Å². The highest BCUT2D eigenvalue weighted by Gasteiger charge is 2.39. The van der Waals surface area contributed by atoms with E-state index < -0.39 is 5.97 Å². The maximum absolute atomic E-state index is 12.8. The van der Waals surface area contributed by atoms with Gasteiger partial charge in [-0.05, 0) is 42.3 Å². The first-order valence-electron chi connectivity index (χ1n) is 7.08. The molecule has 2 unspecified atom stereocenters. The number of hydrogen-bond acceptors (Lipinski definition) is 4. The van der Waals surface area contributed by atoms with E-state index >= 15 is 0 Å². The molecule has 0 radical (unpaired) electrons. The number of rotatable bonds is 3. The molecule has 5 nitrogen and oxygen atoms in total. The van der Waals surface area contributed by atoms with Crippen LogP contribution in [-0.4, -0.2) is 47.2 Å². The molecular formula is C15H17NO4S. The van der Waals surface area contributed by atoms with Crippen LogP contribution in [-0.2, 0) is 9.53 Å². The molecule has 112 valence electrons. The van der Waals surface area contributed by atoms with Crippen molar-refractivity contribution in [1.29, 1.82) is 0 Å². The van der Waals surface area contributed by atoms with Crippen molar-refractivity contribution in [2.45, 2.75) is 31.4 Å². The normalized spacial score (nSPS) is 25.2. The van der Waals surface area contributed by atoms with E-state index in [9.17, 15) is 9.59 Å². The first-order valence-corrected chi connectivity index (χ1v) is 7.96. The van der Waals surface area contributed by atoms with E-state index in [4.69, 9.17) is 9.84 Å². The summed E-state index contributed by atoms with van der Waals surface area (Å²) in [5.74, 6) is -1.02. The average molecular weight is 307 g/mol. The minimum absolute atomic E-state index is 0.00441. The Morgan fingerprint density at radius 2 is 2.29 bits per heavy atom.